The number of carbonyl (C=O) groups is 2. The van der Waals surface area contributed by atoms with E-state index in [9.17, 15) is 9.59 Å². The summed E-state index contributed by atoms with van der Waals surface area (Å²) in [7, 11) is 0. The van der Waals surface area contributed by atoms with Gasteiger partial charge in [0.15, 0.2) is 6.61 Å². The number of ether oxygens (including phenoxy) is 1. The second-order valence-electron chi connectivity index (χ2n) is 7.71. The number of nitrogens with one attached hydrogen (secondary N) is 2. The van der Waals surface area contributed by atoms with Crippen LogP contribution >= 0.6 is 12.4 Å². The summed E-state index contributed by atoms with van der Waals surface area (Å²) in [6.07, 6.45) is 1.64. The molecule has 1 fully saturated rings. The quantitative estimate of drug-likeness (QED) is 0.740. The summed E-state index contributed by atoms with van der Waals surface area (Å²) in [5, 5.41) is 6.38. The zero-order valence-electron chi connectivity index (χ0n) is 16.9. The topological polar surface area (TPSA) is 70.7 Å². The van der Waals surface area contributed by atoms with E-state index in [2.05, 4.69) is 28.8 Å². The molecule has 2 heterocycles. The number of hydrogen-bond donors (Lipinski definition) is 2. The van der Waals surface area contributed by atoms with Crippen molar-refractivity contribution < 1.29 is 14.3 Å². The van der Waals surface area contributed by atoms with Gasteiger partial charge >= 0.3 is 0 Å². The minimum Gasteiger partial charge on any atom is -0.484 e. The lowest BCUT2D eigenvalue weighted by Gasteiger charge is -2.32. The summed E-state index contributed by atoms with van der Waals surface area (Å²) in [5.74, 6) is 0.458. The highest BCUT2D eigenvalue weighted by molar-refractivity contribution is 5.85. The Labute approximate surface area is 183 Å². The average Bonchev–Trinajstić information content (AvgIpc) is 3.24. The SMILES string of the molecule is Cl.O=C(NCc1ccc2c(c1)CNC2)C1CCCN(C(=O)COc2ccccc2)C1. The van der Waals surface area contributed by atoms with Crippen LogP contribution in [0.3, 0.4) is 0 Å². The highest BCUT2D eigenvalue weighted by Crippen LogP contribution is 2.19. The van der Waals surface area contributed by atoms with E-state index in [-0.39, 0.29) is 36.7 Å². The first kappa shape index (κ1) is 22.1. The van der Waals surface area contributed by atoms with Crippen LogP contribution in [-0.2, 0) is 29.2 Å². The Hall–Kier alpha value is -2.57. The minimum atomic E-state index is -0.166. The van der Waals surface area contributed by atoms with Gasteiger partial charge in [0.2, 0.25) is 5.91 Å². The summed E-state index contributed by atoms with van der Waals surface area (Å²) < 4.78 is 5.56. The molecule has 0 bridgehead atoms. The molecule has 0 aromatic heterocycles. The molecule has 6 nitrogen and oxygen atoms in total. The highest BCUT2D eigenvalue weighted by atomic mass is 35.5. The standard InChI is InChI=1S/C23H27N3O3.ClH/c27-22(16-29-21-6-2-1-3-7-21)26-10-4-5-19(15-26)23(28)25-12-17-8-9-18-13-24-14-20(18)11-17;/h1-3,6-9,11,19,24H,4-5,10,12-16H2,(H,25,28);1H. The zero-order chi connectivity index (χ0) is 20.1. The Morgan fingerprint density at radius 2 is 1.90 bits per heavy atom. The Kier molecular flexibility index (Phi) is 7.71. The van der Waals surface area contributed by atoms with E-state index in [1.807, 2.05) is 30.3 Å². The number of para-hydroxylation sites is 1. The maximum Gasteiger partial charge on any atom is 0.260 e. The molecule has 0 radical (unpaired) electrons. The van der Waals surface area contributed by atoms with E-state index in [1.165, 1.54) is 11.1 Å². The van der Waals surface area contributed by atoms with Crippen LogP contribution in [0.15, 0.2) is 48.5 Å². The van der Waals surface area contributed by atoms with E-state index < -0.39 is 0 Å². The molecule has 2 aromatic rings. The zero-order valence-corrected chi connectivity index (χ0v) is 17.7. The lowest BCUT2D eigenvalue weighted by Crippen LogP contribution is -2.46. The third kappa shape index (κ3) is 5.52. The molecule has 0 saturated carbocycles. The third-order valence-corrected chi connectivity index (χ3v) is 5.62. The molecule has 2 aliphatic rings. The molecule has 1 saturated heterocycles. The molecule has 160 valence electrons. The van der Waals surface area contributed by atoms with E-state index >= 15 is 0 Å². The van der Waals surface area contributed by atoms with Crippen molar-refractivity contribution in [3.05, 3.63) is 65.2 Å². The van der Waals surface area contributed by atoms with Crippen LogP contribution in [0, 0.1) is 5.92 Å². The molecule has 1 unspecified atom stereocenters. The van der Waals surface area contributed by atoms with Crippen molar-refractivity contribution in [1.82, 2.24) is 15.5 Å². The maximum absolute atomic E-state index is 12.7. The third-order valence-electron chi connectivity index (χ3n) is 5.62. The minimum absolute atomic E-state index is 0. The molecular formula is C23H28ClN3O3. The number of nitrogens with zero attached hydrogens (tertiary/aromatic N) is 1. The van der Waals surface area contributed by atoms with Gasteiger partial charge in [-0.05, 0) is 41.7 Å². The van der Waals surface area contributed by atoms with E-state index in [0.29, 0.717) is 25.4 Å². The first-order valence-corrected chi connectivity index (χ1v) is 10.2. The largest absolute Gasteiger partial charge is 0.484 e. The van der Waals surface area contributed by atoms with Crippen LogP contribution < -0.4 is 15.4 Å². The number of likely N-dealkylation sites (tertiary alicyclic amines) is 1. The molecule has 0 aliphatic carbocycles. The van der Waals surface area contributed by atoms with Gasteiger partial charge in [-0.25, -0.2) is 0 Å². The van der Waals surface area contributed by atoms with Gasteiger partial charge in [0, 0.05) is 32.7 Å². The Balaban J connectivity index is 0.00000256. The van der Waals surface area contributed by atoms with Gasteiger partial charge in [-0.2, -0.15) is 0 Å². The maximum atomic E-state index is 12.7. The van der Waals surface area contributed by atoms with Gasteiger partial charge in [0.25, 0.3) is 5.91 Å². The van der Waals surface area contributed by atoms with Gasteiger partial charge < -0.3 is 20.3 Å². The number of halogens is 1. The molecular weight excluding hydrogens is 402 g/mol. The first-order valence-electron chi connectivity index (χ1n) is 10.2. The monoisotopic (exact) mass is 429 g/mol. The lowest BCUT2D eigenvalue weighted by molar-refractivity contribution is -0.137. The molecule has 2 N–H and O–H groups in total. The molecule has 2 amide bonds. The fourth-order valence-electron chi connectivity index (χ4n) is 3.96. The Morgan fingerprint density at radius 1 is 1.10 bits per heavy atom. The van der Waals surface area contributed by atoms with Crippen molar-refractivity contribution >= 4 is 24.2 Å². The fraction of sp³-hybridized carbons (Fsp3) is 0.391. The summed E-state index contributed by atoms with van der Waals surface area (Å²) in [5.41, 5.74) is 3.75. The van der Waals surface area contributed by atoms with E-state index in [4.69, 9.17) is 4.74 Å². The lowest BCUT2D eigenvalue weighted by atomic mass is 9.97. The number of amides is 2. The summed E-state index contributed by atoms with van der Waals surface area (Å²) >= 11 is 0. The van der Waals surface area contributed by atoms with Gasteiger partial charge in [0.05, 0.1) is 5.92 Å². The van der Waals surface area contributed by atoms with E-state index in [0.717, 1.165) is 31.5 Å². The molecule has 0 spiro atoms. The van der Waals surface area contributed by atoms with Gasteiger partial charge in [-0.3, -0.25) is 9.59 Å². The number of piperidine rings is 1. The average molecular weight is 430 g/mol. The Morgan fingerprint density at radius 3 is 2.73 bits per heavy atom. The summed E-state index contributed by atoms with van der Waals surface area (Å²) in [4.78, 5) is 26.9. The predicted octanol–water partition coefficient (Wildman–Crippen LogP) is 2.65. The number of fused-ring (bicyclic) bond motifs is 1. The first-order chi connectivity index (χ1) is 14.2. The number of carbonyl (C=O) groups excluding carboxylic acids is 2. The fourth-order valence-corrected chi connectivity index (χ4v) is 3.96. The second-order valence-corrected chi connectivity index (χ2v) is 7.71. The van der Waals surface area contributed by atoms with Crippen LogP contribution in [0.4, 0.5) is 0 Å². The van der Waals surface area contributed by atoms with E-state index in [1.54, 1.807) is 4.90 Å². The molecule has 4 rings (SSSR count). The van der Waals surface area contributed by atoms with Crippen LogP contribution in [0.2, 0.25) is 0 Å². The molecule has 2 aromatic carbocycles. The van der Waals surface area contributed by atoms with Crippen molar-refractivity contribution in [2.24, 2.45) is 5.92 Å². The summed E-state index contributed by atoms with van der Waals surface area (Å²) in [6, 6.07) is 15.7. The van der Waals surface area contributed by atoms with Crippen LogP contribution in [0.25, 0.3) is 0 Å². The smallest absolute Gasteiger partial charge is 0.260 e. The van der Waals surface area contributed by atoms with Gasteiger partial charge in [0.1, 0.15) is 5.75 Å². The van der Waals surface area contributed by atoms with Crippen LogP contribution in [0.5, 0.6) is 5.75 Å². The van der Waals surface area contributed by atoms with Crippen molar-refractivity contribution in [3.8, 4) is 5.75 Å². The van der Waals surface area contributed by atoms with Crippen molar-refractivity contribution in [2.75, 3.05) is 19.7 Å². The molecule has 1 atom stereocenters. The number of benzene rings is 2. The highest BCUT2D eigenvalue weighted by Gasteiger charge is 2.28. The van der Waals surface area contributed by atoms with Crippen LogP contribution in [0.1, 0.15) is 29.5 Å². The van der Waals surface area contributed by atoms with Gasteiger partial charge in [-0.15, -0.1) is 12.4 Å². The van der Waals surface area contributed by atoms with Crippen molar-refractivity contribution in [1.29, 1.82) is 0 Å². The van der Waals surface area contributed by atoms with Gasteiger partial charge in [-0.1, -0.05) is 36.4 Å². The molecule has 7 heteroatoms. The van der Waals surface area contributed by atoms with Crippen molar-refractivity contribution in [2.45, 2.75) is 32.5 Å². The predicted molar refractivity (Wildman–Crippen MR) is 117 cm³/mol. The normalized spacial score (nSPS) is 17.6. The Bertz CT molecular complexity index is 875. The number of rotatable bonds is 6. The molecule has 30 heavy (non-hydrogen) atoms. The second kappa shape index (κ2) is 10.5. The van der Waals surface area contributed by atoms with Crippen LogP contribution in [-0.4, -0.2) is 36.4 Å². The van der Waals surface area contributed by atoms with Crippen molar-refractivity contribution in [3.63, 3.8) is 0 Å². The molecule has 2 aliphatic heterocycles. The number of hydrogen-bond acceptors (Lipinski definition) is 4. The summed E-state index contributed by atoms with van der Waals surface area (Å²) in [6.45, 7) is 3.47.